The highest BCUT2D eigenvalue weighted by Crippen LogP contribution is 2.27. The molecule has 1 amide bonds. The van der Waals surface area contributed by atoms with E-state index in [1.807, 2.05) is 0 Å². The molecule has 0 radical (unpaired) electrons. The molecule has 2 N–H and O–H groups in total. The lowest BCUT2D eigenvalue weighted by Crippen LogP contribution is -2.37. The zero-order valence-corrected chi connectivity index (χ0v) is 10.4. The van der Waals surface area contributed by atoms with Crippen molar-refractivity contribution < 1.29 is 9.90 Å². The number of aliphatic hydroxyl groups is 1. The van der Waals surface area contributed by atoms with E-state index >= 15 is 0 Å². The zero-order chi connectivity index (χ0) is 11.8. The summed E-state index contributed by atoms with van der Waals surface area (Å²) < 4.78 is 0. The molecule has 0 aromatic carbocycles. The molecule has 0 aromatic rings. The number of rotatable bonds is 6. The molecule has 1 aliphatic rings. The molecule has 94 valence electrons. The van der Waals surface area contributed by atoms with E-state index in [1.165, 1.54) is 25.7 Å². The van der Waals surface area contributed by atoms with Crippen molar-refractivity contribution in [1.82, 2.24) is 5.32 Å². The fraction of sp³-hybridized carbons (Fsp3) is 0.923. The Morgan fingerprint density at radius 1 is 1.31 bits per heavy atom. The summed E-state index contributed by atoms with van der Waals surface area (Å²) in [7, 11) is 0. The Morgan fingerprint density at radius 2 is 2.00 bits per heavy atom. The number of hydrogen-bond donors (Lipinski definition) is 2. The molecule has 0 heterocycles. The molecule has 1 rings (SSSR count). The van der Waals surface area contributed by atoms with Crippen LogP contribution < -0.4 is 5.32 Å². The van der Waals surface area contributed by atoms with Gasteiger partial charge in [0.1, 0.15) is 0 Å². The summed E-state index contributed by atoms with van der Waals surface area (Å²) in [5.74, 6) is 0.989. The van der Waals surface area contributed by atoms with Gasteiger partial charge in [0.25, 0.3) is 0 Å². The molecule has 0 aromatic heterocycles. The van der Waals surface area contributed by atoms with Gasteiger partial charge in [-0.3, -0.25) is 4.79 Å². The van der Waals surface area contributed by atoms with Crippen LogP contribution in [0.4, 0.5) is 0 Å². The summed E-state index contributed by atoms with van der Waals surface area (Å²) >= 11 is 0. The van der Waals surface area contributed by atoms with E-state index in [9.17, 15) is 4.79 Å². The molecule has 0 atom stereocenters. The maximum atomic E-state index is 11.5. The number of carbonyl (C=O) groups is 1. The van der Waals surface area contributed by atoms with E-state index < -0.39 is 0 Å². The first-order chi connectivity index (χ1) is 7.76. The smallest absolute Gasteiger partial charge is 0.220 e. The summed E-state index contributed by atoms with van der Waals surface area (Å²) in [6, 6.07) is 0.388. The third-order valence-electron chi connectivity index (χ3n) is 3.47. The average molecular weight is 227 g/mol. The minimum absolute atomic E-state index is 0.105. The molecule has 3 nitrogen and oxygen atoms in total. The van der Waals surface area contributed by atoms with Gasteiger partial charge < -0.3 is 10.4 Å². The molecule has 0 saturated heterocycles. The van der Waals surface area contributed by atoms with E-state index in [2.05, 4.69) is 12.2 Å². The van der Waals surface area contributed by atoms with Crippen LogP contribution >= 0.6 is 0 Å². The van der Waals surface area contributed by atoms with Gasteiger partial charge in [0.15, 0.2) is 0 Å². The molecular weight excluding hydrogens is 202 g/mol. The Morgan fingerprint density at radius 3 is 2.56 bits per heavy atom. The quantitative estimate of drug-likeness (QED) is 0.731. The number of amides is 1. The van der Waals surface area contributed by atoms with E-state index in [1.54, 1.807) is 0 Å². The van der Waals surface area contributed by atoms with E-state index in [0.29, 0.717) is 18.9 Å². The zero-order valence-electron chi connectivity index (χ0n) is 10.4. The van der Waals surface area contributed by atoms with Crippen molar-refractivity contribution in [1.29, 1.82) is 0 Å². The molecule has 3 heteroatoms. The standard InChI is InChI=1S/C13H25NO2/c1-2-4-11-6-8-12(9-7-11)14-13(16)5-3-10-15/h11-12,15H,2-10H2,1H3,(H,14,16). The lowest BCUT2D eigenvalue weighted by molar-refractivity contribution is -0.122. The minimum Gasteiger partial charge on any atom is -0.396 e. The lowest BCUT2D eigenvalue weighted by atomic mass is 9.83. The first-order valence-corrected chi connectivity index (χ1v) is 6.66. The Balaban J connectivity index is 2.14. The number of carbonyl (C=O) groups excluding carboxylic acids is 1. The van der Waals surface area contributed by atoms with Gasteiger partial charge in [0, 0.05) is 19.1 Å². The molecule has 16 heavy (non-hydrogen) atoms. The van der Waals surface area contributed by atoms with Crippen molar-refractivity contribution in [3.63, 3.8) is 0 Å². The van der Waals surface area contributed by atoms with Gasteiger partial charge >= 0.3 is 0 Å². The Labute approximate surface area is 98.6 Å². The van der Waals surface area contributed by atoms with Gasteiger partial charge in [-0.1, -0.05) is 19.8 Å². The summed E-state index contributed by atoms with van der Waals surface area (Å²) in [5.41, 5.74) is 0. The lowest BCUT2D eigenvalue weighted by Gasteiger charge is -2.28. The Bertz CT molecular complexity index is 198. The van der Waals surface area contributed by atoms with E-state index in [0.717, 1.165) is 18.8 Å². The molecule has 0 spiro atoms. The SMILES string of the molecule is CCCC1CCC(NC(=O)CCCO)CC1. The van der Waals surface area contributed by atoms with Crippen molar-refractivity contribution in [3.05, 3.63) is 0 Å². The van der Waals surface area contributed by atoms with Gasteiger partial charge in [-0.25, -0.2) is 0 Å². The molecule has 0 unspecified atom stereocenters. The number of nitrogens with one attached hydrogen (secondary N) is 1. The second-order valence-corrected chi connectivity index (χ2v) is 4.90. The van der Waals surface area contributed by atoms with Crippen molar-refractivity contribution >= 4 is 5.91 Å². The minimum atomic E-state index is 0.105. The van der Waals surface area contributed by atoms with Gasteiger partial charge in [0.2, 0.25) is 5.91 Å². The molecule has 1 fully saturated rings. The second kappa shape index (κ2) is 7.66. The third-order valence-corrected chi connectivity index (χ3v) is 3.47. The first-order valence-electron chi connectivity index (χ1n) is 6.66. The van der Waals surface area contributed by atoms with Gasteiger partial charge in [-0.15, -0.1) is 0 Å². The van der Waals surface area contributed by atoms with Crippen LogP contribution in [0.1, 0.15) is 58.3 Å². The van der Waals surface area contributed by atoms with Crippen molar-refractivity contribution in [3.8, 4) is 0 Å². The Kier molecular flexibility index (Phi) is 6.46. The van der Waals surface area contributed by atoms with Gasteiger partial charge in [-0.2, -0.15) is 0 Å². The number of aliphatic hydroxyl groups excluding tert-OH is 1. The molecule has 0 aliphatic heterocycles. The van der Waals surface area contributed by atoms with Crippen LogP contribution in [0.2, 0.25) is 0 Å². The predicted octanol–water partition coefficient (Wildman–Crippen LogP) is 2.23. The summed E-state index contributed by atoms with van der Waals surface area (Å²) in [5, 5.41) is 11.7. The maximum Gasteiger partial charge on any atom is 0.220 e. The van der Waals surface area contributed by atoms with Gasteiger partial charge in [-0.05, 0) is 38.0 Å². The van der Waals surface area contributed by atoms with Crippen molar-refractivity contribution in [2.24, 2.45) is 5.92 Å². The fourth-order valence-electron chi connectivity index (χ4n) is 2.54. The van der Waals surface area contributed by atoms with Crippen LogP contribution in [-0.2, 0) is 4.79 Å². The topological polar surface area (TPSA) is 49.3 Å². The highest BCUT2D eigenvalue weighted by molar-refractivity contribution is 5.76. The highest BCUT2D eigenvalue weighted by Gasteiger charge is 2.21. The molecule has 1 aliphatic carbocycles. The van der Waals surface area contributed by atoms with Crippen molar-refractivity contribution in [2.45, 2.75) is 64.3 Å². The number of hydrogen-bond acceptors (Lipinski definition) is 2. The summed E-state index contributed by atoms with van der Waals surface area (Å²) in [4.78, 5) is 11.5. The van der Waals surface area contributed by atoms with E-state index in [4.69, 9.17) is 5.11 Å². The third kappa shape index (κ3) is 4.97. The summed E-state index contributed by atoms with van der Waals surface area (Å²) in [6.07, 6.45) is 8.45. The second-order valence-electron chi connectivity index (χ2n) is 4.90. The average Bonchev–Trinajstić information content (AvgIpc) is 2.29. The van der Waals surface area contributed by atoms with Crippen LogP contribution in [0.3, 0.4) is 0 Å². The van der Waals surface area contributed by atoms with E-state index in [-0.39, 0.29) is 12.5 Å². The summed E-state index contributed by atoms with van der Waals surface area (Å²) in [6.45, 7) is 2.35. The van der Waals surface area contributed by atoms with Gasteiger partial charge in [0.05, 0.1) is 0 Å². The Hall–Kier alpha value is -0.570. The van der Waals surface area contributed by atoms with Crippen LogP contribution in [0.15, 0.2) is 0 Å². The van der Waals surface area contributed by atoms with Crippen molar-refractivity contribution in [2.75, 3.05) is 6.61 Å². The molecular formula is C13H25NO2. The first kappa shape index (κ1) is 13.5. The highest BCUT2D eigenvalue weighted by atomic mass is 16.3. The van der Waals surface area contributed by atoms with Crippen LogP contribution in [0.5, 0.6) is 0 Å². The predicted molar refractivity (Wildman–Crippen MR) is 65.1 cm³/mol. The van der Waals surface area contributed by atoms with Crippen LogP contribution in [-0.4, -0.2) is 23.7 Å². The fourth-order valence-corrected chi connectivity index (χ4v) is 2.54. The maximum absolute atomic E-state index is 11.5. The normalized spacial score (nSPS) is 25.4. The monoisotopic (exact) mass is 227 g/mol. The van der Waals surface area contributed by atoms with Crippen LogP contribution in [0.25, 0.3) is 0 Å². The molecule has 1 saturated carbocycles. The molecule has 0 bridgehead atoms. The largest absolute Gasteiger partial charge is 0.396 e. The van der Waals surface area contributed by atoms with Crippen LogP contribution in [0, 0.1) is 5.92 Å².